The van der Waals surface area contributed by atoms with Crippen LogP contribution in [-0.4, -0.2) is 15.6 Å². The van der Waals surface area contributed by atoms with E-state index in [4.69, 9.17) is 11.1 Å². The number of aryl methyl sites for hydroxylation is 1. The lowest BCUT2D eigenvalue weighted by atomic mass is 9.98. The van der Waals surface area contributed by atoms with Crippen LogP contribution in [0.1, 0.15) is 16.8 Å². The van der Waals surface area contributed by atoms with Crippen molar-refractivity contribution in [3.05, 3.63) is 53.3 Å². The lowest BCUT2D eigenvalue weighted by Crippen LogP contribution is -2.09. The normalized spacial score (nSPS) is 11.8. The molecule has 0 aliphatic rings. The first-order valence-electron chi connectivity index (χ1n) is 6.78. The van der Waals surface area contributed by atoms with E-state index in [0.29, 0.717) is 17.0 Å². The first-order valence-corrected chi connectivity index (χ1v) is 6.78. The van der Waals surface area contributed by atoms with Crippen LogP contribution in [0.15, 0.2) is 36.5 Å². The molecule has 0 atom stereocenters. The fourth-order valence-electron chi connectivity index (χ4n) is 2.63. The molecule has 23 heavy (non-hydrogen) atoms. The number of imidazole rings is 1. The van der Waals surface area contributed by atoms with Gasteiger partial charge in [-0.3, -0.25) is 4.40 Å². The molecule has 3 rings (SSSR count). The third kappa shape index (κ3) is 2.44. The van der Waals surface area contributed by atoms with Gasteiger partial charge >= 0.3 is 6.18 Å². The van der Waals surface area contributed by atoms with Gasteiger partial charge in [0.2, 0.25) is 0 Å². The van der Waals surface area contributed by atoms with Crippen molar-refractivity contribution in [2.45, 2.75) is 13.1 Å². The highest BCUT2D eigenvalue weighted by Crippen LogP contribution is 2.37. The number of anilines is 1. The van der Waals surface area contributed by atoms with E-state index in [0.717, 1.165) is 18.3 Å². The molecule has 0 saturated carbocycles. The summed E-state index contributed by atoms with van der Waals surface area (Å²) in [6.45, 7) is 1.71. The molecule has 0 unspecified atom stereocenters. The number of halogens is 3. The third-order valence-corrected chi connectivity index (χ3v) is 3.64. The van der Waals surface area contributed by atoms with Crippen LogP contribution >= 0.6 is 0 Å². The summed E-state index contributed by atoms with van der Waals surface area (Å²) < 4.78 is 41.0. The smallest absolute Gasteiger partial charge is 0.398 e. The Morgan fingerprint density at radius 1 is 1.26 bits per heavy atom. The van der Waals surface area contributed by atoms with Crippen molar-refractivity contribution in [3.8, 4) is 11.3 Å². The number of aromatic nitrogens is 2. The Kier molecular flexibility index (Phi) is 3.35. The van der Waals surface area contributed by atoms with Gasteiger partial charge in [0.15, 0.2) is 0 Å². The molecule has 3 N–H and O–H groups in total. The number of hydrogen-bond donors (Lipinski definition) is 2. The SMILES string of the molecule is Cc1nc2ccccn2c1-c1cc(C(F)(F)F)cc(N)c1C=N. The largest absolute Gasteiger partial charge is 0.416 e. The number of pyridine rings is 1. The van der Waals surface area contributed by atoms with Gasteiger partial charge in [-0.05, 0) is 31.2 Å². The van der Waals surface area contributed by atoms with Gasteiger partial charge in [-0.2, -0.15) is 13.2 Å². The van der Waals surface area contributed by atoms with Crippen LogP contribution in [0.2, 0.25) is 0 Å². The second-order valence-corrected chi connectivity index (χ2v) is 5.14. The van der Waals surface area contributed by atoms with Crippen molar-refractivity contribution in [2.75, 3.05) is 5.73 Å². The average molecular weight is 318 g/mol. The first kappa shape index (κ1) is 15.1. The van der Waals surface area contributed by atoms with Crippen LogP contribution in [-0.2, 0) is 6.18 Å². The lowest BCUT2D eigenvalue weighted by Gasteiger charge is -2.14. The lowest BCUT2D eigenvalue weighted by molar-refractivity contribution is -0.137. The van der Waals surface area contributed by atoms with Crippen molar-refractivity contribution in [1.82, 2.24) is 9.38 Å². The fourth-order valence-corrected chi connectivity index (χ4v) is 2.63. The van der Waals surface area contributed by atoms with Crippen LogP contribution < -0.4 is 5.73 Å². The number of hydrogen-bond acceptors (Lipinski definition) is 3. The fraction of sp³-hybridized carbons (Fsp3) is 0.125. The quantitative estimate of drug-likeness (QED) is 0.556. The highest BCUT2D eigenvalue weighted by Gasteiger charge is 2.32. The van der Waals surface area contributed by atoms with E-state index in [9.17, 15) is 13.2 Å². The van der Waals surface area contributed by atoms with E-state index in [-0.39, 0.29) is 16.8 Å². The number of nitrogens with two attached hydrogens (primary N) is 1. The molecule has 4 nitrogen and oxygen atoms in total. The van der Waals surface area contributed by atoms with Gasteiger partial charge in [0, 0.05) is 29.2 Å². The van der Waals surface area contributed by atoms with Gasteiger partial charge in [0.1, 0.15) is 5.65 Å². The van der Waals surface area contributed by atoms with Gasteiger partial charge in [0.25, 0.3) is 0 Å². The van der Waals surface area contributed by atoms with Crippen LogP contribution in [0.3, 0.4) is 0 Å². The average Bonchev–Trinajstić information content (AvgIpc) is 2.81. The minimum atomic E-state index is -4.52. The van der Waals surface area contributed by atoms with Crippen LogP contribution in [0.5, 0.6) is 0 Å². The highest BCUT2D eigenvalue weighted by atomic mass is 19.4. The first-order chi connectivity index (χ1) is 10.8. The van der Waals surface area contributed by atoms with E-state index >= 15 is 0 Å². The summed E-state index contributed by atoms with van der Waals surface area (Å²) in [5, 5.41) is 7.52. The van der Waals surface area contributed by atoms with Crippen molar-refractivity contribution in [1.29, 1.82) is 5.41 Å². The van der Waals surface area contributed by atoms with Gasteiger partial charge in [0.05, 0.1) is 17.0 Å². The Morgan fingerprint density at radius 3 is 2.65 bits per heavy atom. The molecule has 2 heterocycles. The van der Waals surface area contributed by atoms with E-state index < -0.39 is 11.7 Å². The zero-order valence-corrected chi connectivity index (χ0v) is 12.1. The molecule has 2 aromatic heterocycles. The topological polar surface area (TPSA) is 67.2 Å². The molecule has 0 radical (unpaired) electrons. The summed E-state index contributed by atoms with van der Waals surface area (Å²) in [5.41, 5.74) is 6.98. The van der Waals surface area contributed by atoms with Gasteiger partial charge < -0.3 is 11.1 Å². The number of nitrogen functional groups attached to an aromatic ring is 1. The Bertz CT molecular complexity index is 910. The van der Waals surface area contributed by atoms with E-state index in [2.05, 4.69) is 4.98 Å². The number of rotatable bonds is 2. The number of benzene rings is 1. The third-order valence-electron chi connectivity index (χ3n) is 3.64. The Balaban J connectivity index is 2.40. The summed E-state index contributed by atoms with van der Waals surface area (Å²) in [7, 11) is 0. The Hall–Kier alpha value is -2.83. The van der Waals surface area contributed by atoms with Gasteiger partial charge in [-0.15, -0.1) is 0 Å². The van der Waals surface area contributed by atoms with Crippen LogP contribution in [0.4, 0.5) is 18.9 Å². The maximum atomic E-state index is 13.1. The second kappa shape index (κ2) is 5.12. The molecule has 0 spiro atoms. The Morgan fingerprint density at radius 2 is 2.00 bits per heavy atom. The number of nitrogens with one attached hydrogen (secondary N) is 1. The van der Waals surface area contributed by atoms with Gasteiger partial charge in [-0.1, -0.05) is 6.07 Å². The summed E-state index contributed by atoms with van der Waals surface area (Å²) in [4.78, 5) is 4.35. The number of fused-ring (bicyclic) bond motifs is 1. The molecule has 0 amide bonds. The second-order valence-electron chi connectivity index (χ2n) is 5.14. The van der Waals surface area contributed by atoms with Crippen LogP contribution in [0.25, 0.3) is 16.9 Å². The van der Waals surface area contributed by atoms with E-state index in [1.165, 1.54) is 0 Å². The predicted octanol–water partition coefficient (Wildman–Crippen LogP) is 3.91. The molecular formula is C16H13F3N4. The molecule has 0 saturated heterocycles. The molecule has 1 aromatic carbocycles. The summed E-state index contributed by atoms with van der Waals surface area (Å²) in [6.07, 6.45) is -1.83. The summed E-state index contributed by atoms with van der Waals surface area (Å²) in [5.74, 6) is 0. The van der Waals surface area contributed by atoms with Gasteiger partial charge in [-0.25, -0.2) is 4.98 Å². The zero-order valence-electron chi connectivity index (χ0n) is 12.1. The Labute approximate surface area is 129 Å². The number of nitrogens with zero attached hydrogens (tertiary/aromatic N) is 2. The molecule has 0 fully saturated rings. The summed E-state index contributed by atoms with van der Waals surface area (Å²) in [6, 6.07) is 7.18. The maximum Gasteiger partial charge on any atom is 0.416 e. The van der Waals surface area contributed by atoms with E-state index in [1.807, 2.05) is 0 Å². The number of alkyl halides is 3. The summed E-state index contributed by atoms with van der Waals surface area (Å²) >= 11 is 0. The molecular weight excluding hydrogens is 305 g/mol. The maximum absolute atomic E-state index is 13.1. The molecule has 3 aromatic rings. The monoisotopic (exact) mass is 318 g/mol. The minimum Gasteiger partial charge on any atom is -0.398 e. The van der Waals surface area contributed by atoms with Crippen molar-refractivity contribution in [2.24, 2.45) is 0 Å². The predicted molar refractivity (Wildman–Crippen MR) is 82.7 cm³/mol. The van der Waals surface area contributed by atoms with Crippen molar-refractivity contribution < 1.29 is 13.2 Å². The van der Waals surface area contributed by atoms with Crippen molar-refractivity contribution >= 4 is 17.5 Å². The minimum absolute atomic E-state index is 0.0879. The van der Waals surface area contributed by atoms with Crippen LogP contribution in [0, 0.1) is 12.3 Å². The molecule has 0 aliphatic heterocycles. The molecule has 7 heteroatoms. The van der Waals surface area contributed by atoms with Crippen molar-refractivity contribution in [3.63, 3.8) is 0 Å². The zero-order chi connectivity index (χ0) is 16.8. The molecule has 0 bridgehead atoms. The molecule has 0 aliphatic carbocycles. The highest BCUT2D eigenvalue weighted by molar-refractivity contribution is 5.95. The van der Waals surface area contributed by atoms with E-state index in [1.54, 1.807) is 35.7 Å². The molecule has 118 valence electrons. The standard InChI is InChI=1S/C16H13F3N4/c1-9-15(23-5-3-2-4-14(23)22-9)11-6-10(16(17,18)19)7-13(21)12(11)8-20/h2-8,20H,21H2,1H3.